The van der Waals surface area contributed by atoms with Crippen LogP contribution in [0.4, 0.5) is 4.39 Å². The van der Waals surface area contributed by atoms with Crippen LogP contribution in [0.1, 0.15) is 43.5 Å². The summed E-state index contributed by atoms with van der Waals surface area (Å²) in [5.41, 5.74) is 0.446. The Morgan fingerprint density at radius 3 is 2.75 bits per heavy atom. The maximum atomic E-state index is 13.3. The minimum Gasteiger partial charge on any atom is -0.351 e. The van der Waals surface area contributed by atoms with Crippen LogP contribution < -0.4 is 5.32 Å². The fourth-order valence-corrected chi connectivity index (χ4v) is 4.20. The highest BCUT2D eigenvalue weighted by Crippen LogP contribution is 2.41. The fraction of sp³-hybridized carbons (Fsp3) is 0.474. The third kappa shape index (κ3) is 2.62. The molecule has 1 aliphatic carbocycles. The first-order valence-corrected chi connectivity index (χ1v) is 8.74. The van der Waals surface area contributed by atoms with Crippen LogP contribution in [-0.4, -0.2) is 21.5 Å². The number of aryl methyl sites for hydroxylation is 1. The van der Waals surface area contributed by atoms with Crippen LogP contribution in [0.2, 0.25) is 0 Å². The van der Waals surface area contributed by atoms with Crippen molar-refractivity contribution in [3.63, 3.8) is 0 Å². The van der Waals surface area contributed by atoms with Crippen LogP contribution >= 0.6 is 0 Å². The number of hydrogen-bond donors (Lipinski definition) is 1. The van der Waals surface area contributed by atoms with E-state index in [0.29, 0.717) is 0 Å². The minimum absolute atomic E-state index is 0.0974. The van der Waals surface area contributed by atoms with Gasteiger partial charge in [-0.25, -0.2) is 9.37 Å². The molecule has 2 aliphatic rings. The molecule has 2 heterocycles. The molecule has 0 radical (unpaired) electrons. The Morgan fingerprint density at radius 1 is 1.25 bits per heavy atom. The van der Waals surface area contributed by atoms with E-state index < -0.39 is 5.41 Å². The Balaban J connectivity index is 1.54. The van der Waals surface area contributed by atoms with Crippen molar-refractivity contribution in [3.8, 4) is 0 Å². The quantitative estimate of drug-likeness (QED) is 0.942. The summed E-state index contributed by atoms with van der Waals surface area (Å²) in [5.74, 6) is 0.932. The van der Waals surface area contributed by atoms with Gasteiger partial charge in [0.1, 0.15) is 11.6 Å². The molecule has 24 heavy (non-hydrogen) atoms. The molecule has 126 valence electrons. The molecule has 1 aliphatic heterocycles. The molecule has 1 saturated carbocycles. The van der Waals surface area contributed by atoms with Crippen LogP contribution in [0.5, 0.6) is 0 Å². The average molecular weight is 327 g/mol. The van der Waals surface area contributed by atoms with E-state index in [4.69, 9.17) is 0 Å². The third-order valence-corrected chi connectivity index (χ3v) is 5.56. The number of imidazole rings is 1. The normalized spacial score (nSPS) is 22.1. The van der Waals surface area contributed by atoms with Gasteiger partial charge >= 0.3 is 0 Å². The van der Waals surface area contributed by atoms with Crippen LogP contribution in [0, 0.1) is 5.82 Å². The van der Waals surface area contributed by atoms with Gasteiger partial charge < -0.3 is 9.88 Å². The summed E-state index contributed by atoms with van der Waals surface area (Å²) in [5, 5.41) is 3.26. The average Bonchev–Trinajstić information content (AvgIpc) is 3.25. The molecule has 1 fully saturated rings. The molecule has 0 saturated heterocycles. The molecule has 4 rings (SSSR count). The Hall–Kier alpha value is -2.17. The van der Waals surface area contributed by atoms with Crippen molar-refractivity contribution >= 4 is 5.91 Å². The van der Waals surface area contributed by atoms with Crippen molar-refractivity contribution in [2.75, 3.05) is 0 Å². The van der Waals surface area contributed by atoms with E-state index in [2.05, 4.69) is 14.9 Å². The molecular weight excluding hydrogens is 305 g/mol. The van der Waals surface area contributed by atoms with Crippen LogP contribution in [0.3, 0.4) is 0 Å². The van der Waals surface area contributed by atoms with Crippen molar-refractivity contribution in [3.05, 3.63) is 53.9 Å². The molecule has 1 aromatic heterocycles. The Bertz CT molecular complexity index is 731. The lowest BCUT2D eigenvalue weighted by Crippen LogP contribution is -2.49. The third-order valence-electron chi connectivity index (χ3n) is 5.56. The van der Waals surface area contributed by atoms with Crippen molar-refractivity contribution in [2.24, 2.45) is 0 Å². The summed E-state index contributed by atoms with van der Waals surface area (Å²) >= 11 is 0. The predicted octanol–water partition coefficient (Wildman–Crippen LogP) is 2.97. The van der Waals surface area contributed by atoms with E-state index in [1.54, 1.807) is 12.1 Å². The molecule has 5 heteroatoms. The molecule has 4 nitrogen and oxygen atoms in total. The van der Waals surface area contributed by atoms with Gasteiger partial charge in [0.05, 0.1) is 5.41 Å². The second-order valence-corrected chi connectivity index (χ2v) is 7.00. The number of benzene rings is 1. The zero-order valence-corrected chi connectivity index (χ0v) is 13.7. The second kappa shape index (κ2) is 6.04. The van der Waals surface area contributed by atoms with Crippen LogP contribution in [-0.2, 0) is 23.2 Å². The first kappa shape index (κ1) is 15.4. The van der Waals surface area contributed by atoms with Crippen LogP contribution in [0.15, 0.2) is 36.7 Å². The van der Waals surface area contributed by atoms with Gasteiger partial charge in [0, 0.05) is 31.4 Å². The van der Waals surface area contributed by atoms with Gasteiger partial charge in [0.15, 0.2) is 0 Å². The van der Waals surface area contributed by atoms with E-state index >= 15 is 0 Å². The maximum absolute atomic E-state index is 13.3. The number of fused-ring (bicyclic) bond motifs is 1. The summed E-state index contributed by atoms with van der Waals surface area (Å²) in [6.07, 6.45) is 9.36. The lowest BCUT2D eigenvalue weighted by Gasteiger charge is -2.32. The molecule has 2 aromatic rings. The largest absolute Gasteiger partial charge is 0.351 e. The molecule has 1 aromatic carbocycles. The van der Waals surface area contributed by atoms with E-state index in [1.807, 2.05) is 12.4 Å². The van der Waals surface area contributed by atoms with Gasteiger partial charge in [-0.15, -0.1) is 0 Å². The number of halogens is 1. The lowest BCUT2D eigenvalue weighted by atomic mass is 9.77. The van der Waals surface area contributed by atoms with Gasteiger partial charge in [-0.3, -0.25) is 4.79 Å². The number of rotatable bonds is 3. The summed E-state index contributed by atoms with van der Waals surface area (Å²) in [6.45, 7) is 0.778. The zero-order chi connectivity index (χ0) is 16.6. The number of amides is 1. The Morgan fingerprint density at radius 2 is 2.00 bits per heavy atom. The highest BCUT2D eigenvalue weighted by Gasteiger charge is 2.43. The zero-order valence-electron chi connectivity index (χ0n) is 13.7. The van der Waals surface area contributed by atoms with Crippen molar-refractivity contribution in [1.29, 1.82) is 0 Å². The molecule has 0 bridgehead atoms. The lowest BCUT2D eigenvalue weighted by molar-refractivity contribution is -0.127. The monoisotopic (exact) mass is 327 g/mol. The Labute approximate surface area is 141 Å². The SMILES string of the molecule is O=C(NC1CCc2nccn2C1)C1(c2ccc(F)cc2)CCCC1. The predicted molar refractivity (Wildman–Crippen MR) is 89.0 cm³/mol. The smallest absolute Gasteiger partial charge is 0.230 e. The topological polar surface area (TPSA) is 46.9 Å². The van der Waals surface area contributed by atoms with Gasteiger partial charge in [0.25, 0.3) is 0 Å². The molecule has 0 spiro atoms. The fourth-order valence-electron chi connectivity index (χ4n) is 4.20. The molecule has 1 amide bonds. The highest BCUT2D eigenvalue weighted by molar-refractivity contribution is 5.88. The summed E-state index contributed by atoms with van der Waals surface area (Å²) in [6, 6.07) is 6.60. The van der Waals surface area contributed by atoms with Crippen molar-refractivity contribution < 1.29 is 9.18 Å². The molecule has 1 unspecified atom stereocenters. The van der Waals surface area contributed by atoms with E-state index in [1.165, 1.54) is 12.1 Å². The Kier molecular flexibility index (Phi) is 3.87. The van der Waals surface area contributed by atoms with E-state index in [9.17, 15) is 9.18 Å². The summed E-state index contributed by atoms with van der Waals surface area (Å²) < 4.78 is 15.4. The maximum Gasteiger partial charge on any atom is 0.230 e. The number of carbonyl (C=O) groups excluding carboxylic acids is 1. The first-order valence-electron chi connectivity index (χ1n) is 8.74. The number of carbonyl (C=O) groups is 1. The second-order valence-electron chi connectivity index (χ2n) is 7.00. The highest BCUT2D eigenvalue weighted by atomic mass is 19.1. The van der Waals surface area contributed by atoms with Gasteiger partial charge in [-0.1, -0.05) is 25.0 Å². The van der Waals surface area contributed by atoms with Crippen molar-refractivity contribution in [1.82, 2.24) is 14.9 Å². The summed E-state index contributed by atoms with van der Waals surface area (Å²) in [4.78, 5) is 17.5. The molecular formula is C19H22FN3O. The number of nitrogens with zero attached hydrogens (tertiary/aromatic N) is 2. The molecule has 1 N–H and O–H groups in total. The van der Waals surface area contributed by atoms with Crippen LogP contribution in [0.25, 0.3) is 0 Å². The van der Waals surface area contributed by atoms with E-state index in [0.717, 1.165) is 56.5 Å². The van der Waals surface area contributed by atoms with Gasteiger partial charge in [-0.05, 0) is 37.0 Å². The minimum atomic E-state index is -0.497. The first-order chi connectivity index (χ1) is 11.7. The van der Waals surface area contributed by atoms with Crippen molar-refractivity contribution in [2.45, 2.75) is 56.5 Å². The van der Waals surface area contributed by atoms with E-state index in [-0.39, 0.29) is 17.8 Å². The summed E-state index contributed by atoms with van der Waals surface area (Å²) in [7, 11) is 0. The number of nitrogens with one attached hydrogen (secondary N) is 1. The number of hydrogen-bond acceptors (Lipinski definition) is 2. The van der Waals surface area contributed by atoms with Gasteiger partial charge in [0.2, 0.25) is 5.91 Å². The number of aromatic nitrogens is 2. The standard InChI is InChI=1S/C19H22FN3O/c20-15-5-3-14(4-6-15)19(9-1-2-10-19)18(24)22-16-7-8-17-21-11-12-23(17)13-16/h3-6,11-12,16H,1-2,7-10,13H2,(H,22,24). The van der Waals surface area contributed by atoms with Gasteiger partial charge in [-0.2, -0.15) is 0 Å². The molecule has 1 atom stereocenters.